The van der Waals surface area contributed by atoms with Crippen molar-refractivity contribution in [1.29, 1.82) is 0 Å². The van der Waals surface area contributed by atoms with E-state index >= 15 is 0 Å². The lowest BCUT2D eigenvalue weighted by Crippen LogP contribution is -2.29. The summed E-state index contributed by atoms with van der Waals surface area (Å²) in [5.41, 5.74) is 0. The van der Waals surface area contributed by atoms with Crippen LogP contribution in [0.25, 0.3) is 0 Å². The Balaban J connectivity index is 2.19. The van der Waals surface area contributed by atoms with Crippen LogP contribution in [0.2, 0.25) is 5.28 Å². The van der Waals surface area contributed by atoms with E-state index in [1.807, 2.05) is 19.0 Å². The molecule has 18 heavy (non-hydrogen) atoms. The second kappa shape index (κ2) is 6.18. The van der Waals surface area contributed by atoms with E-state index in [9.17, 15) is 0 Å². The maximum atomic E-state index is 5.97. The highest BCUT2D eigenvalue weighted by molar-refractivity contribution is 6.28. The van der Waals surface area contributed by atoms with Crippen molar-refractivity contribution in [3.63, 3.8) is 0 Å². The maximum Gasteiger partial charge on any atom is 0.231 e. The molecular weight excluding hydrogens is 250 g/mol. The largest absolute Gasteiger partial charge is 0.347 e. The summed E-state index contributed by atoms with van der Waals surface area (Å²) in [5.74, 6) is 1.33. The SMILES string of the molecule is CN(C)c1nc(Cl)nc(N2CCCCCCC2)n1. The van der Waals surface area contributed by atoms with E-state index in [-0.39, 0.29) is 5.28 Å². The summed E-state index contributed by atoms with van der Waals surface area (Å²) in [5, 5.41) is 0.269. The van der Waals surface area contributed by atoms with Gasteiger partial charge >= 0.3 is 0 Å². The third-order valence-corrected chi connectivity index (χ3v) is 3.29. The zero-order valence-electron chi connectivity index (χ0n) is 11.1. The van der Waals surface area contributed by atoms with Crippen LogP contribution < -0.4 is 9.80 Å². The molecule has 6 heteroatoms. The molecule has 2 rings (SSSR count). The Kier molecular flexibility index (Phi) is 4.58. The molecule has 0 amide bonds. The van der Waals surface area contributed by atoms with Gasteiger partial charge < -0.3 is 9.80 Å². The van der Waals surface area contributed by atoms with Crippen LogP contribution in [0.5, 0.6) is 0 Å². The summed E-state index contributed by atoms with van der Waals surface area (Å²) in [7, 11) is 3.81. The second-order valence-electron chi connectivity index (χ2n) is 4.85. The summed E-state index contributed by atoms with van der Waals surface area (Å²) in [6, 6.07) is 0. The summed E-state index contributed by atoms with van der Waals surface area (Å²) < 4.78 is 0. The summed E-state index contributed by atoms with van der Waals surface area (Å²) in [6.45, 7) is 2.01. The molecule has 1 saturated heterocycles. The van der Waals surface area contributed by atoms with Gasteiger partial charge in [-0.25, -0.2) is 0 Å². The van der Waals surface area contributed by atoms with E-state index in [0.717, 1.165) is 13.1 Å². The van der Waals surface area contributed by atoms with E-state index in [0.29, 0.717) is 11.9 Å². The second-order valence-corrected chi connectivity index (χ2v) is 5.19. The Hall–Kier alpha value is -1.10. The fraction of sp³-hybridized carbons (Fsp3) is 0.750. The molecule has 0 unspecified atom stereocenters. The first-order valence-corrected chi connectivity index (χ1v) is 6.88. The molecule has 1 aliphatic rings. The number of nitrogens with zero attached hydrogens (tertiary/aromatic N) is 5. The number of hydrogen-bond acceptors (Lipinski definition) is 5. The van der Waals surface area contributed by atoms with Crippen LogP contribution in [0, 0.1) is 0 Å². The van der Waals surface area contributed by atoms with Gasteiger partial charge in [0.1, 0.15) is 0 Å². The fourth-order valence-electron chi connectivity index (χ4n) is 2.12. The molecule has 2 heterocycles. The topological polar surface area (TPSA) is 45.2 Å². The number of hydrogen-bond donors (Lipinski definition) is 0. The van der Waals surface area contributed by atoms with Crippen molar-refractivity contribution in [2.75, 3.05) is 37.0 Å². The molecular formula is C12H20ClN5. The highest BCUT2D eigenvalue weighted by atomic mass is 35.5. The van der Waals surface area contributed by atoms with Gasteiger partial charge in [0.25, 0.3) is 0 Å². The molecule has 0 atom stereocenters. The van der Waals surface area contributed by atoms with Gasteiger partial charge in [0, 0.05) is 27.2 Å². The molecule has 0 aromatic carbocycles. The molecule has 100 valence electrons. The standard InChI is InChI=1S/C12H20ClN5/c1-17(2)11-14-10(13)15-12(16-11)18-8-6-4-3-5-7-9-18/h3-9H2,1-2H3. The summed E-state index contributed by atoms with van der Waals surface area (Å²) in [6.07, 6.45) is 6.31. The average molecular weight is 270 g/mol. The predicted molar refractivity (Wildman–Crippen MR) is 74.5 cm³/mol. The Morgan fingerprint density at radius 3 is 2.17 bits per heavy atom. The highest BCUT2D eigenvalue weighted by Crippen LogP contribution is 2.18. The minimum atomic E-state index is 0.269. The molecule has 1 fully saturated rings. The van der Waals surface area contributed by atoms with Gasteiger partial charge in [-0.3, -0.25) is 0 Å². The van der Waals surface area contributed by atoms with E-state index < -0.39 is 0 Å². The van der Waals surface area contributed by atoms with Gasteiger partial charge in [-0.2, -0.15) is 15.0 Å². The molecule has 1 aromatic rings. The van der Waals surface area contributed by atoms with Gasteiger partial charge in [-0.05, 0) is 24.4 Å². The van der Waals surface area contributed by atoms with Gasteiger partial charge in [0.2, 0.25) is 17.2 Å². The predicted octanol–water partition coefficient (Wildman–Crippen LogP) is 2.36. The van der Waals surface area contributed by atoms with Crippen LogP contribution in [0.1, 0.15) is 32.1 Å². The lowest BCUT2D eigenvalue weighted by Gasteiger charge is -2.25. The number of halogens is 1. The lowest BCUT2D eigenvalue weighted by atomic mass is 10.1. The summed E-state index contributed by atoms with van der Waals surface area (Å²) in [4.78, 5) is 16.9. The molecule has 0 aliphatic carbocycles. The van der Waals surface area contributed by atoms with E-state index in [1.165, 1.54) is 32.1 Å². The molecule has 0 bridgehead atoms. The van der Waals surface area contributed by atoms with Crippen LogP contribution in [0.15, 0.2) is 0 Å². The maximum absolute atomic E-state index is 5.97. The molecule has 1 aromatic heterocycles. The Bertz CT molecular complexity index is 388. The van der Waals surface area contributed by atoms with Crippen LogP contribution in [0.4, 0.5) is 11.9 Å². The zero-order valence-corrected chi connectivity index (χ0v) is 11.8. The third kappa shape index (κ3) is 3.45. The van der Waals surface area contributed by atoms with E-state index in [1.54, 1.807) is 0 Å². The van der Waals surface area contributed by atoms with E-state index in [2.05, 4.69) is 19.9 Å². The van der Waals surface area contributed by atoms with Crippen molar-refractivity contribution in [1.82, 2.24) is 15.0 Å². The Morgan fingerprint density at radius 1 is 0.944 bits per heavy atom. The minimum Gasteiger partial charge on any atom is -0.347 e. The van der Waals surface area contributed by atoms with Crippen molar-refractivity contribution in [3.8, 4) is 0 Å². The van der Waals surface area contributed by atoms with Gasteiger partial charge in [-0.1, -0.05) is 19.3 Å². The molecule has 0 radical (unpaired) electrons. The van der Waals surface area contributed by atoms with Crippen molar-refractivity contribution in [2.24, 2.45) is 0 Å². The minimum absolute atomic E-state index is 0.269. The zero-order chi connectivity index (χ0) is 13.0. The van der Waals surface area contributed by atoms with Gasteiger partial charge in [-0.15, -0.1) is 0 Å². The number of rotatable bonds is 2. The van der Waals surface area contributed by atoms with Crippen molar-refractivity contribution in [3.05, 3.63) is 5.28 Å². The van der Waals surface area contributed by atoms with E-state index in [4.69, 9.17) is 11.6 Å². The number of anilines is 2. The summed E-state index contributed by atoms with van der Waals surface area (Å²) >= 11 is 5.97. The van der Waals surface area contributed by atoms with Crippen LogP contribution in [-0.2, 0) is 0 Å². The first-order valence-electron chi connectivity index (χ1n) is 6.50. The molecule has 1 aliphatic heterocycles. The Labute approximate surface area is 113 Å². The van der Waals surface area contributed by atoms with Crippen molar-refractivity contribution >= 4 is 23.5 Å². The van der Waals surface area contributed by atoms with Crippen molar-refractivity contribution in [2.45, 2.75) is 32.1 Å². The lowest BCUT2D eigenvalue weighted by molar-refractivity contribution is 0.550. The highest BCUT2D eigenvalue weighted by Gasteiger charge is 2.14. The van der Waals surface area contributed by atoms with Crippen LogP contribution in [0.3, 0.4) is 0 Å². The molecule has 0 N–H and O–H groups in total. The first-order chi connectivity index (χ1) is 8.66. The molecule has 0 saturated carbocycles. The van der Waals surface area contributed by atoms with Gasteiger partial charge in [0.15, 0.2) is 0 Å². The third-order valence-electron chi connectivity index (χ3n) is 3.12. The first kappa shape index (κ1) is 13.3. The number of aromatic nitrogens is 3. The quantitative estimate of drug-likeness (QED) is 0.825. The van der Waals surface area contributed by atoms with Crippen LogP contribution >= 0.6 is 11.6 Å². The fourth-order valence-corrected chi connectivity index (χ4v) is 2.27. The van der Waals surface area contributed by atoms with Crippen molar-refractivity contribution < 1.29 is 0 Å². The molecule has 0 spiro atoms. The normalized spacial score (nSPS) is 17.2. The van der Waals surface area contributed by atoms with Crippen LogP contribution in [-0.4, -0.2) is 42.1 Å². The Morgan fingerprint density at radius 2 is 1.56 bits per heavy atom. The molecule has 5 nitrogen and oxygen atoms in total. The smallest absolute Gasteiger partial charge is 0.231 e. The van der Waals surface area contributed by atoms with Gasteiger partial charge in [0.05, 0.1) is 0 Å². The monoisotopic (exact) mass is 269 g/mol. The average Bonchev–Trinajstić information content (AvgIpc) is 2.27.